The highest BCUT2D eigenvalue weighted by molar-refractivity contribution is 6.08. The van der Waals surface area contributed by atoms with E-state index in [2.05, 4.69) is 5.10 Å². The van der Waals surface area contributed by atoms with E-state index < -0.39 is 0 Å². The zero-order valence-electron chi connectivity index (χ0n) is 23.1. The van der Waals surface area contributed by atoms with Gasteiger partial charge in [0, 0.05) is 45.4 Å². The molecule has 4 rings (SSSR count). The topological polar surface area (TPSA) is 82.4 Å². The molecule has 0 fully saturated rings. The van der Waals surface area contributed by atoms with E-state index in [9.17, 15) is 14.7 Å². The molecular formula is C33H37N3O4. The fourth-order valence-electron chi connectivity index (χ4n) is 4.88. The van der Waals surface area contributed by atoms with Gasteiger partial charge in [-0.3, -0.25) is 9.59 Å². The summed E-state index contributed by atoms with van der Waals surface area (Å²) in [4.78, 5) is 27.2. The molecule has 7 nitrogen and oxygen atoms in total. The van der Waals surface area contributed by atoms with Gasteiger partial charge in [0.05, 0.1) is 24.1 Å². The van der Waals surface area contributed by atoms with Gasteiger partial charge in [-0.05, 0) is 28.8 Å². The lowest BCUT2D eigenvalue weighted by molar-refractivity contribution is -0.131. The maximum atomic E-state index is 12.8. The zero-order chi connectivity index (χ0) is 28.3. The molecular weight excluding hydrogens is 502 g/mol. The third kappa shape index (κ3) is 7.52. The number of amides is 2. The number of benzene rings is 3. The molecule has 1 aliphatic heterocycles. The van der Waals surface area contributed by atoms with Crippen LogP contribution in [0, 0.1) is 5.92 Å². The number of rotatable bonds is 12. The number of methoxy groups -OCH3 is 1. The van der Waals surface area contributed by atoms with Crippen LogP contribution in [0.5, 0.6) is 0 Å². The highest BCUT2D eigenvalue weighted by Gasteiger charge is 2.24. The van der Waals surface area contributed by atoms with Gasteiger partial charge in [-0.15, -0.1) is 0 Å². The average Bonchev–Trinajstić information content (AvgIpc) is 2.99. The van der Waals surface area contributed by atoms with E-state index in [0.29, 0.717) is 31.6 Å². The Morgan fingerprint density at radius 1 is 1.02 bits per heavy atom. The molecule has 0 spiro atoms. The number of anilines is 1. The first-order valence-electron chi connectivity index (χ1n) is 13.7. The fraction of sp³-hybridized carbons (Fsp3) is 0.303. The molecule has 0 bridgehead atoms. The number of carbonyl (C=O) groups is 2. The summed E-state index contributed by atoms with van der Waals surface area (Å²) in [7, 11) is 1.67. The monoisotopic (exact) mass is 539 g/mol. The van der Waals surface area contributed by atoms with E-state index in [1.807, 2.05) is 104 Å². The van der Waals surface area contributed by atoms with Crippen molar-refractivity contribution in [1.82, 2.24) is 4.90 Å². The van der Waals surface area contributed by atoms with Gasteiger partial charge in [-0.2, -0.15) is 5.10 Å². The summed E-state index contributed by atoms with van der Waals surface area (Å²) in [6, 6.07) is 27.4. The van der Waals surface area contributed by atoms with Crippen molar-refractivity contribution in [1.29, 1.82) is 0 Å². The Morgan fingerprint density at radius 2 is 1.70 bits per heavy atom. The molecule has 40 heavy (non-hydrogen) atoms. The molecule has 0 saturated carbocycles. The highest BCUT2D eigenvalue weighted by Crippen LogP contribution is 2.30. The van der Waals surface area contributed by atoms with Crippen molar-refractivity contribution >= 4 is 23.2 Å². The molecule has 0 aromatic heterocycles. The molecule has 208 valence electrons. The minimum Gasteiger partial charge on any atom is -0.395 e. The number of nitrogens with zero attached hydrogens (tertiary/aromatic N) is 3. The van der Waals surface area contributed by atoms with Crippen molar-refractivity contribution in [3.05, 3.63) is 114 Å². The second kappa shape index (κ2) is 14.4. The Hall–Kier alpha value is -4.07. The van der Waals surface area contributed by atoms with E-state index in [1.165, 1.54) is 5.01 Å². The number of hydrogen-bond donors (Lipinski definition) is 1. The summed E-state index contributed by atoms with van der Waals surface area (Å²) in [6.45, 7) is 2.72. The minimum absolute atomic E-state index is 0.00314. The average molecular weight is 540 g/mol. The van der Waals surface area contributed by atoms with Crippen LogP contribution in [0.4, 0.5) is 5.69 Å². The molecule has 2 atom stereocenters. The van der Waals surface area contributed by atoms with Crippen molar-refractivity contribution in [3.63, 3.8) is 0 Å². The molecule has 7 heteroatoms. The van der Waals surface area contributed by atoms with Gasteiger partial charge in [0.15, 0.2) is 0 Å². The lowest BCUT2D eigenvalue weighted by Crippen LogP contribution is -2.32. The van der Waals surface area contributed by atoms with Crippen LogP contribution < -0.4 is 5.01 Å². The van der Waals surface area contributed by atoms with Crippen LogP contribution in [-0.4, -0.2) is 47.8 Å². The molecule has 1 heterocycles. The van der Waals surface area contributed by atoms with Crippen LogP contribution in [0.3, 0.4) is 0 Å². The van der Waals surface area contributed by atoms with E-state index >= 15 is 0 Å². The summed E-state index contributed by atoms with van der Waals surface area (Å²) >= 11 is 0. The Kier molecular flexibility index (Phi) is 10.4. The summed E-state index contributed by atoms with van der Waals surface area (Å²) in [5.41, 5.74) is 4.63. The van der Waals surface area contributed by atoms with Gasteiger partial charge in [-0.1, -0.05) is 91.9 Å². The highest BCUT2D eigenvalue weighted by atomic mass is 16.5. The van der Waals surface area contributed by atoms with Crippen LogP contribution in [0.25, 0.3) is 0 Å². The van der Waals surface area contributed by atoms with Crippen molar-refractivity contribution in [2.75, 3.05) is 25.3 Å². The van der Waals surface area contributed by atoms with Crippen LogP contribution in [0.2, 0.25) is 0 Å². The molecule has 0 aliphatic carbocycles. The second-order valence-electron chi connectivity index (χ2n) is 9.88. The normalized spacial score (nSPS) is 15.1. The molecule has 0 radical (unpaired) electrons. The van der Waals surface area contributed by atoms with Crippen LogP contribution >= 0.6 is 0 Å². The number of carbonyl (C=O) groups excluding carboxylic acids is 2. The molecule has 2 amide bonds. The quantitative estimate of drug-likeness (QED) is 0.308. The lowest BCUT2D eigenvalue weighted by atomic mass is 9.96. The third-order valence-corrected chi connectivity index (χ3v) is 7.01. The van der Waals surface area contributed by atoms with Crippen LogP contribution in [-0.2, 0) is 20.9 Å². The number of aliphatic hydroxyl groups excluding tert-OH is 1. The first kappa shape index (κ1) is 28.9. The SMILES string of the molecule is CO[C@H](c1ccc(N2N=C(c3ccccc3)CCC2=O)cc1)[C@H](C)/C=C/CC(=O)N(CCO)Cc1ccccc1. The molecule has 0 saturated heterocycles. The van der Waals surface area contributed by atoms with Gasteiger partial charge in [-0.25, -0.2) is 5.01 Å². The van der Waals surface area contributed by atoms with Crippen molar-refractivity contribution < 1.29 is 19.4 Å². The summed E-state index contributed by atoms with van der Waals surface area (Å²) in [5, 5.41) is 15.6. The Balaban J connectivity index is 1.39. The van der Waals surface area contributed by atoms with Crippen molar-refractivity contribution in [2.24, 2.45) is 11.0 Å². The third-order valence-electron chi connectivity index (χ3n) is 7.01. The standard InChI is InChI=1S/C33H37N3O4/c1-25(10-9-15-31(38)35(22-23-37)24-26-11-5-3-6-12-26)33(40-2)28-16-18-29(19-17-28)36-32(39)21-20-30(34-36)27-13-7-4-8-14-27/h3-14,16-19,25,33,37H,15,20-24H2,1-2H3/b10-9+/t25-,33+/m1/s1. The fourth-order valence-corrected chi connectivity index (χ4v) is 4.88. The second-order valence-corrected chi connectivity index (χ2v) is 9.88. The largest absolute Gasteiger partial charge is 0.395 e. The van der Waals surface area contributed by atoms with E-state index in [0.717, 1.165) is 22.4 Å². The number of hydrazone groups is 1. The first-order valence-corrected chi connectivity index (χ1v) is 13.7. The van der Waals surface area contributed by atoms with Gasteiger partial charge >= 0.3 is 0 Å². The van der Waals surface area contributed by atoms with Gasteiger partial charge in [0.2, 0.25) is 11.8 Å². The zero-order valence-corrected chi connectivity index (χ0v) is 23.1. The molecule has 3 aromatic carbocycles. The van der Waals surface area contributed by atoms with Gasteiger partial charge < -0.3 is 14.7 Å². The molecule has 0 unspecified atom stereocenters. The summed E-state index contributed by atoms with van der Waals surface area (Å²) in [5.74, 6) is -0.0658. The van der Waals surface area contributed by atoms with Crippen LogP contribution in [0.15, 0.2) is 102 Å². The smallest absolute Gasteiger partial charge is 0.247 e. The van der Waals surface area contributed by atoms with E-state index in [-0.39, 0.29) is 36.9 Å². The van der Waals surface area contributed by atoms with Gasteiger partial charge in [0.1, 0.15) is 0 Å². The maximum Gasteiger partial charge on any atom is 0.247 e. The molecule has 3 aromatic rings. The van der Waals surface area contributed by atoms with Gasteiger partial charge in [0.25, 0.3) is 0 Å². The van der Waals surface area contributed by atoms with Crippen molar-refractivity contribution in [3.8, 4) is 0 Å². The minimum atomic E-state index is -0.223. The van der Waals surface area contributed by atoms with E-state index in [4.69, 9.17) is 4.74 Å². The first-order chi connectivity index (χ1) is 19.5. The Bertz CT molecular complexity index is 1310. The number of ether oxygens (including phenoxy) is 1. The number of hydrogen-bond acceptors (Lipinski definition) is 5. The summed E-state index contributed by atoms with van der Waals surface area (Å²) in [6.07, 6.45) is 4.92. The molecule has 1 N–H and O–H groups in total. The Morgan fingerprint density at radius 3 is 2.35 bits per heavy atom. The lowest BCUT2D eigenvalue weighted by Gasteiger charge is -2.25. The Labute approximate surface area is 236 Å². The van der Waals surface area contributed by atoms with E-state index in [1.54, 1.807) is 12.0 Å². The number of aliphatic hydroxyl groups is 1. The summed E-state index contributed by atoms with van der Waals surface area (Å²) < 4.78 is 5.81. The van der Waals surface area contributed by atoms with Crippen molar-refractivity contribution in [2.45, 2.75) is 38.8 Å². The maximum absolute atomic E-state index is 12.8. The molecule has 1 aliphatic rings. The van der Waals surface area contributed by atoms with Crippen LogP contribution in [0.1, 0.15) is 49.0 Å². The predicted molar refractivity (Wildman–Crippen MR) is 158 cm³/mol. The predicted octanol–water partition coefficient (Wildman–Crippen LogP) is 5.51.